The third kappa shape index (κ3) is 26.0. The number of rotatable bonds is 22. The van der Waals surface area contributed by atoms with Crippen LogP contribution in [0.4, 0.5) is 4.79 Å². The normalized spacial score (nSPS) is 10.0. The molecule has 0 aliphatic rings. The second-order valence-corrected chi connectivity index (χ2v) is 9.73. The smallest absolute Gasteiger partial charge is 0.407 e. The number of methoxy groups -OCH3 is 2. The Kier molecular flexibility index (Phi) is 27.7. The molecule has 13 nitrogen and oxygen atoms in total. The minimum atomic E-state index is -0.542. The average Bonchev–Trinajstić information content (AvgIpc) is 2.99. The Morgan fingerprint density at radius 3 is 1.62 bits per heavy atom. The molecule has 0 saturated heterocycles. The van der Waals surface area contributed by atoms with Crippen LogP contribution in [-0.2, 0) is 38.2 Å². The van der Waals surface area contributed by atoms with Gasteiger partial charge < -0.3 is 34.4 Å². The summed E-state index contributed by atoms with van der Waals surface area (Å²) in [5, 5.41) is 11.2. The van der Waals surface area contributed by atoms with Crippen molar-refractivity contribution >= 4 is 47.2 Å². The lowest BCUT2D eigenvalue weighted by Crippen LogP contribution is -2.30. The summed E-state index contributed by atoms with van der Waals surface area (Å²) in [4.78, 5) is 70.7. The van der Waals surface area contributed by atoms with Crippen molar-refractivity contribution in [1.82, 2.24) is 15.1 Å². The number of ketones is 1. The standard InChI is InChI=1S/C17H29ClN2O6.C11H21NO4/c1-20(15(22)8-3-4-9-16(23)25-2)11-6-12-26-17(24)19-10-5-7-14(21)13-18;1-12(8-5-9-13)10(14)6-3-4-7-11(15)16-2/h3-13H2,1-2H3,(H,19,24);13H,3-9H2,1-2H3. The molecule has 0 saturated carbocycles. The van der Waals surface area contributed by atoms with Crippen LogP contribution in [0.15, 0.2) is 0 Å². The number of unbranched alkanes of at least 4 members (excludes halogenated alkanes) is 2. The molecule has 0 aliphatic carbocycles. The van der Waals surface area contributed by atoms with Gasteiger partial charge in [0, 0.05) is 72.4 Å². The second kappa shape index (κ2) is 28.2. The van der Waals surface area contributed by atoms with Gasteiger partial charge in [-0.05, 0) is 44.9 Å². The van der Waals surface area contributed by atoms with Crippen LogP contribution in [0, 0.1) is 0 Å². The van der Waals surface area contributed by atoms with E-state index < -0.39 is 6.09 Å². The first kappa shape index (κ1) is 41.2. The van der Waals surface area contributed by atoms with Gasteiger partial charge in [0.2, 0.25) is 11.8 Å². The molecule has 14 heteroatoms. The molecular formula is C28H50ClN3O10. The summed E-state index contributed by atoms with van der Waals surface area (Å²) in [5.74, 6) is -0.531. The summed E-state index contributed by atoms with van der Waals surface area (Å²) >= 11 is 5.37. The maximum atomic E-state index is 11.9. The third-order valence-electron chi connectivity index (χ3n) is 5.92. The summed E-state index contributed by atoms with van der Waals surface area (Å²) in [6.07, 6.45) is 5.55. The highest BCUT2D eigenvalue weighted by Crippen LogP contribution is 2.05. The van der Waals surface area contributed by atoms with Crippen molar-refractivity contribution in [2.75, 3.05) is 67.0 Å². The minimum absolute atomic E-state index is 0.0109. The lowest BCUT2D eigenvalue weighted by Gasteiger charge is -2.17. The van der Waals surface area contributed by atoms with E-state index in [4.69, 9.17) is 21.4 Å². The van der Waals surface area contributed by atoms with Crippen LogP contribution in [0.3, 0.4) is 0 Å². The first-order chi connectivity index (χ1) is 20.0. The third-order valence-corrected chi connectivity index (χ3v) is 6.22. The van der Waals surface area contributed by atoms with Gasteiger partial charge in [-0.3, -0.25) is 24.0 Å². The number of nitrogens with one attached hydrogen (secondary N) is 1. The van der Waals surface area contributed by atoms with Crippen LogP contribution in [0.2, 0.25) is 0 Å². The summed E-state index contributed by atoms with van der Waals surface area (Å²) in [6.45, 7) is 1.71. The van der Waals surface area contributed by atoms with Crippen LogP contribution in [0.25, 0.3) is 0 Å². The molecule has 0 fully saturated rings. The molecule has 0 aromatic rings. The Morgan fingerprint density at radius 2 is 1.17 bits per heavy atom. The lowest BCUT2D eigenvalue weighted by molar-refractivity contribution is -0.141. The SMILES string of the molecule is COC(=O)CCCCC(=O)N(C)CCCO.COC(=O)CCCCC(=O)N(C)CCCOC(=O)NCCCC(=O)CCl. The summed E-state index contributed by atoms with van der Waals surface area (Å²) in [5.41, 5.74) is 0. The zero-order valence-electron chi connectivity index (χ0n) is 25.6. The van der Waals surface area contributed by atoms with E-state index in [1.54, 1.807) is 23.9 Å². The van der Waals surface area contributed by atoms with Crippen LogP contribution in [0.1, 0.15) is 77.0 Å². The molecule has 0 spiro atoms. The number of Topliss-reactive ketones (excluding diaryl/α,β-unsaturated/α-hetero) is 1. The van der Waals surface area contributed by atoms with Crippen LogP contribution in [-0.4, -0.2) is 118 Å². The van der Waals surface area contributed by atoms with E-state index in [0.29, 0.717) is 96.7 Å². The highest BCUT2D eigenvalue weighted by Gasteiger charge is 2.10. The molecule has 0 aromatic heterocycles. The van der Waals surface area contributed by atoms with Crippen molar-refractivity contribution in [1.29, 1.82) is 0 Å². The number of hydrogen-bond acceptors (Lipinski definition) is 10. The first-order valence-corrected chi connectivity index (χ1v) is 14.8. The minimum Gasteiger partial charge on any atom is -0.469 e. The number of esters is 2. The van der Waals surface area contributed by atoms with Gasteiger partial charge in [-0.25, -0.2) is 4.79 Å². The Bertz CT molecular complexity index is 798. The van der Waals surface area contributed by atoms with Gasteiger partial charge in [0.1, 0.15) is 5.78 Å². The Balaban J connectivity index is 0. The molecule has 0 bridgehead atoms. The average molecular weight is 624 g/mol. The number of amides is 3. The highest BCUT2D eigenvalue weighted by molar-refractivity contribution is 6.27. The number of ether oxygens (including phenoxy) is 3. The number of nitrogens with zero attached hydrogens (tertiary/aromatic N) is 2. The number of carbonyl (C=O) groups is 6. The Morgan fingerprint density at radius 1 is 0.690 bits per heavy atom. The van der Waals surface area contributed by atoms with E-state index >= 15 is 0 Å². The second-order valence-electron chi connectivity index (χ2n) is 9.47. The molecule has 0 atom stereocenters. The first-order valence-electron chi connectivity index (χ1n) is 14.2. The highest BCUT2D eigenvalue weighted by atomic mass is 35.5. The van der Waals surface area contributed by atoms with Crippen molar-refractivity contribution in [3.63, 3.8) is 0 Å². The van der Waals surface area contributed by atoms with Gasteiger partial charge in [-0.15, -0.1) is 11.6 Å². The molecule has 0 heterocycles. The van der Waals surface area contributed by atoms with E-state index in [1.807, 2.05) is 0 Å². The quantitative estimate of drug-likeness (QED) is 0.0790. The fourth-order valence-corrected chi connectivity index (χ4v) is 3.43. The summed E-state index contributed by atoms with van der Waals surface area (Å²) in [6, 6.07) is 0. The van der Waals surface area contributed by atoms with Crippen LogP contribution >= 0.6 is 11.6 Å². The lowest BCUT2D eigenvalue weighted by atomic mass is 10.2. The number of hydrogen-bond donors (Lipinski definition) is 2. The predicted molar refractivity (Wildman–Crippen MR) is 157 cm³/mol. The van der Waals surface area contributed by atoms with Gasteiger partial charge in [0.15, 0.2) is 0 Å². The number of halogens is 1. The molecule has 0 aliphatic heterocycles. The van der Waals surface area contributed by atoms with E-state index in [9.17, 15) is 28.8 Å². The van der Waals surface area contributed by atoms with Gasteiger partial charge in [0.25, 0.3) is 0 Å². The number of alkyl halides is 1. The van der Waals surface area contributed by atoms with Gasteiger partial charge in [-0.2, -0.15) is 0 Å². The van der Waals surface area contributed by atoms with Crippen molar-refractivity contribution in [3.8, 4) is 0 Å². The molecular weight excluding hydrogens is 574 g/mol. The maximum absolute atomic E-state index is 11.9. The fourth-order valence-electron chi connectivity index (χ4n) is 3.29. The van der Waals surface area contributed by atoms with Crippen molar-refractivity contribution in [2.45, 2.75) is 77.0 Å². The van der Waals surface area contributed by atoms with Crippen LogP contribution in [0.5, 0.6) is 0 Å². The number of aliphatic hydroxyl groups excluding tert-OH is 1. The topological polar surface area (TPSA) is 169 Å². The fraction of sp³-hybridized carbons (Fsp3) is 0.786. The molecule has 42 heavy (non-hydrogen) atoms. The molecule has 244 valence electrons. The van der Waals surface area contributed by atoms with Gasteiger partial charge in [0.05, 0.1) is 26.7 Å². The van der Waals surface area contributed by atoms with E-state index in [0.717, 1.165) is 0 Å². The van der Waals surface area contributed by atoms with E-state index in [1.165, 1.54) is 14.2 Å². The van der Waals surface area contributed by atoms with Crippen molar-refractivity contribution in [2.24, 2.45) is 0 Å². The van der Waals surface area contributed by atoms with Crippen LogP contribution < -0.4 is 5.32 Å². The molecule has 0 radical (unpaired) electrons. The number of carbonyl (C=O) groups excluding carboxylic acids is 6. The van der Waals surface area contributed by atoms with E-state index in [2.05, 4.69) is 14.8 Å². The Hall–Kier alpha value is -2.93. The molecule has 3 amide bonds. The van der Waals surface area contributed by atoms with Crippen molar-refractivity contribution < 1.29 is 48.1 Å². The van der Waals surface area contributed by atoms with Crippen molar-refractivity contribution in [3.05, 3.63) is 0 Å². The predicted octanol–water partition coefficient (Wildman–Crippen LogP) is 2.44. The molecule has 0 unspecified atom stereocenters. The Labute approximate surface area is 254 Å². The number of alkyl carbamates (subject to hydrolysis) is 1. The zero-order chi connectivity index (χ0) is 32.2. The molecule has 2 N–H and O–H groups in total. The zero-order valence-corrected chi connectivity index (χ0v) is 26.4. The maximum Gasteiger partial charge on any atom is 0.407 e. The molecule has 0 aromatic carbocycles. The summed E-state index contributed by atoms with van der Waals surface area (Å²) < 4.78 is 14.0. The monoisotopic (exact) mass is 623 g/mol. The van der Waals surface area contributed by atoms with Gasteiger partial charge in [-0.1, -0.05) is 0 Å². The molecule has 0 rings (SSSR count). The largest absolute Gasteiger partial charge is 0.469 e. The van der Waals surface area contributed by atoms with E-state index in [-0.39, 0.29) is 48.6 Å². The van der Waals surface area contributed by atoms with Gasteiger partial charge >= 0.3 is 18.0 Å². The summed E-state index contributed by atoms with van der Waals surface area (Å²) in [7, 11) is 6.11. The number of aliphatic hydroxyl groups is 1.